The molecule has 0 radical (unpaired) electrons. The molecule has 3 heterocycles. The number of carboxylic acid groups (broad SMARTS) is 1. The molecule has 9 heteroatoms. The van der Waals surface area contributed by atoms with E-state index in [0.717, 1.165) is 37.3 Å². The van der Waals surface area contributed by atoms with Crippen LogP contribution < -0.4 is 4.90 Å². The average Bonchev–Trinajstić information content (AvgIpc) is 3.17. The summed E-state index contributed by atoms with van der Waals surface area (Å²) in [5, 5.41) is 11.0. The van der Waals surface area contributed by atoms with Crippen LogP contribution in [-0.2, 0) is 4.79 Å². The van der Waals surface area contributed by atoms with Crippen LogP contribution in [0.2, 0.25) is 10.0 Å². The first-order chi connectivity index (χ1) is 15.7. The van der Waals surface area contributed by atoms with Gasteiger partial charge in [0.05, 0.1) is 10.6 Å². The molecular formula is C24H28Cl2N4O3. The Morgan fingerprint density at radius 1 is 1.09 bits per heavy atom. The standard InChI is InChI=1S/C24H28Cl2N4O3/c1-24(28(2)23(32)33)15-30(14-20(24)16-3-5-18(25)6-4-16)22(31)17-9-11-29(12-10-17)21-8-7-19(26)13-27-21/h3-8,13,17,20H,9-12,14-15H2,1-2H3,(H,32,33)/t20-,24+/m1/s1. The third-order valence-electron chi connectivity index (χ3n) is 7.18. The van der Waals surface area contributed by atoms with Crippen LogP contribution in [0.25, 0.3) is 0 Å². The van der Waals surface area contributed by atoms with Crippen LogP contribution in [0.4, 0.5) is 10.6 Å². The van der Waals surface area contributed by atoms with E-state index >= 15 is 0 Å². The van der Waals surface area contributed by atoms with Gasteiger partial charge >= 0.3 is 6.09 Å². The Morgan fingerprint density at radius 3 is 2.30 bits per heavy atom. The zero-order valence-electron chi connectivity index (χ0n) is 18.7. The van der Waals surface area contributed by atoms with E-state index in [2.05, 4.69) is 9.88 Å². The maximum atomic E-state index is 13.5. The Kier molecular flexibility index (Phi) is 6.73. The molecule has 2 atom stereocenters. The monoisotopic (exact) mass is 490 g/mol. The summed E-state index contributed by atoms with van der Waals surface area (Å²) >= 11 is 12.0. The summed E-state index contributed by atoms with van der Waals surface area (Å²) in [4.78, 5) is 35.1. The number of likely N-dealkylation sites (tertiary alicyclic amines) is 1. The highest BCUT2D eigenvalue weighted by atomic mass is 35.5. The second-order valence-electron chi connectivity index (χ2n) is 9.12. The van der Waals surface area contributed by atoms with Crippen LogP contribution in [0.15, 0.2) is 42.6 Å². The van der Waals surface area contributed by atoms with Crippen molar-refractivity contribution >= 4 is 41.0 Å². The van der Waals surface area contributed by atoms with Crippen molar-refractivity contribution in [3.63, 3.8) is 0 Å². The first kappa shape index (κ1) is 23.6. The Bertz CT molecular complexity index is 1010. The summed E-state index contributed by atoms with van der Waals surface area (Å²) in [6.45, 7) is 4.24. The van der Waals surface area contributed by atoms with E-state index in [4.69, 9.17) is 23.2 Å². The van der Waals surface area contributed by atoms with E-state index in [0.29, 0.717) is 23.1 Å². The molecule has 2 aromatic rings. The predicted octanol–water partition coefficient (Wildman–Crippen LogP) is 4.60. The first-order valence-electron chi connectivity index (χ1n) is 11.1. The number of hydrogen-bond donors (Lipinski definition) is 1. The highest BCUT2D eigenvalue weighted by Gasteiger charge is 2.50. The van der Waals surface area contributed by atoms with Gasteiger partial charge in [-0.1, -0.05) is 35.3 Å². The van der Waals surface area contributed by atoms with Crippen molar-refractivity contribution in [1.82, 2.24) is 14.8 Å². The van der Waals surface area contributed by atoms with E-state index in [1.54, 1.807) is 13.2 Å². The normalized spacial score (nSPS) is 23.6. The maximum Gasteiger partial charge on any atom is 0.407 e. The fraction of sp³-hybridized carbons (Fsp3) is 0.458. The first-order valence-corrected chi connectivity index (χ1v) is 11.8. The molecule has 2 fully saturated rings. The number of halogens is 2. The lowest BCUT2D eigenvalue weighted by molar-refractivity contribution is -0.135. The molecule has 2 saturated heterocycles. The van der Waals surface area contributed by atoms with Crippen LogP contribution in [0, 0.1) is 5.92 Å². The number of piperidine rings is 1. The number of likely N-dealkylation sites (N-methyl/N-ethyl adjacent to an activating group) is 1. The minimum absolute atomic E-state index is 0.0862. The third kappa shape index (κ3) is 4.75. The lowest BCUT2D eigenvalue weighted by Crippen LogP contribution is -2.52. The van der Waals surface area contributed by atoms with E-state index in [1.807, 2.05) is 48.2 Å². The maximum absolute atomic E-state index is 13.5. The summed E-state index contributed by atoms with van der Waals surface area (Å²) in [7, 11) is 1.58. The van der Waals surface area contributed by atoms with E-state index in [-0.39, 0.29) is 17.7 Å². The SMILES string of the molecule is CN(C(=O)O)[C@@]1(C)CN(C(=O)C2CCN(c3ccc(Cl)cn3)CC2)C[C@@H]1c1ccc(Cl)cc1. The number of benzene rings is 1. The predicted molar refractivity (Wildman–Crippen MR) is 129 cm³/mol. The number of aromatic nitrogens is 1. The van der Waals surface area contributed by atoms with Crippen LogP contribution >= 0.6 is 23.2 Å². The zero-order valence-corrected chi connectivity index (χ0v) is 20.3. The number of hydrogen-bond acceptors (Lipinski definition) is 4. The number of amides is 2. The molecule has 0 aliphatic carbocycles. The van der Waals surface area contributed by atoms with Gasteiger partial charge in [-0.15, -0.1) is 0 Å². The number of pyridine rings is 1. The van der Waals surface area contributed by atoms with Crippen molar-refractivity contribution in [2.45, 2.75) is 31.2 Å². The number of carbonyl (C=O) groups excluding carboxylic acids is 1. The van der Waals surface area contributed by atoms with Gasteiger partial charge in [0.1, 0.15) is 5.82 Å². The van der Waals surface area contributed by atoms with Gasteiger partial charge in [0, 0.05) is 56.3 Å². The van der Waals surface area contributed by atoms with E-state index in [1.165, 1.54) is 4.90 Å². The second kappa shape index (κ2) is 9.39. The largest absolute Gasteiger partial charge is 0.465 e. The minimum atomic E-state index is -1.01. The molecule has 1 N–H and O–H groups in total. The summed E-state index contributed by atoms with van der Waals surface area (Å²) in [6.07, 6.45) is 2.09. The molecule has 0 unspecified atom stereocenters. The van der Waals surface area contributed by atoms with Crippen molar-refractivity contribution in [3.8, 4) is 0 Å². The highest BCUT2D eigenvalue weighted by molar-refractivity contribution is 6.30. The molecular weight excluding hydrogens is 463 g/mol. The fourth-order valence-electron chi connectivity index (χ4n) is 5.03. The van der Waals surface area contributed by atoms with Gasteiger partial charge in [0.25, 0.3) is 0 Å². The molecule has 33 heavy (non-hydrogen) atoms. The molecule has 1 aromatic carbocycles. The Labute approximate surface area is 203 Å². The average molecular weight is 491 g/mol. The van der Waals surface area contributed by atoms with Crippen molar-refractivity contribution in [1.29, 1.82) is 0 Å². The molecule has 7 nitrogen and oxygen atoms in total. The molecule has 0 saturated carbocycles. The summed E-state index contributed by atoms with van der Waals surface area (Å²) in [6, 6.07) is 11.2. The van der Waals surface area contributed by atoms with Gasteiger partial charge in [-0.25, -0.2) is 9.78 Å². The summed E-state index contributed by atoms with van der Waals surface area (Å²) in [5.74, 6) is 0.736. The smallest absolute Gasteiger partial charge is 0.407 e. The lowest BCUT2D eigenvalue weighted by atomic mass is 9.82. The van der Waals surface area contributed by atoms with Gasteiger partial charge in [-0.3, -0.25) is 4.79 Å². The summed E-state index contributed by atoms with van der Waals surface area (Å²) < 4.78 is 0. The van der Waals surface area contributed by atoms with E-state index in [9.17, 15) is 14.7 Å². The van der Waals surface area contributed by atoms with Gasteiger partial charge in [-0.05, 0) is 49.6 Å². The van der Waals surface area contributed by atoms with Crippen molar-refractivity contribution < 1.29 is 14.7 Å². The topological polar surface area (TPSA) is 77.0 Å². The molecule has 2 aliphatic rings. The Morgan fingerprint density at radius 2 is 1.73 bits per heavy atom. The molecule has 0 bridgehead atoms. The number of rotatable bonds is 4. The van der Waals surface area contributed by atoms with Gasteiger partial charge < -0.3 is 19.8 Å². The third-order valence-corrected chi connectivity index (χ3v) is 7.66. The Balaban J connectivity index is 1.48. The molecule has 2 amide bonds. The number of nitrogens with zero attached hydrogens (tertiary/aromatic N) is 4. The van der Waals surface area contributed by atoms with Crippen LogP contribution in [0.1, 0.15) is 31.2 Å². The zero-order chi connectivity index (χ0) is 23.8. The van der Waals surface area contributed by atoms with Gasteiger partial charge in [-0.2, -0.15) is 0 Å². The van der Waals surface area contributed by atoms with E-state index < -0.39 is 11.6 Å². The van der Waals surface area contributed by atoms with Gasteiger partial charge in [0.15, 0.2) is 0 Å². The van der Waals surface area contributed by atoms with Crippen molar-refractivity contribution in [2.24, 2.45) is 5.92 Å². The van der Waals surface area contributed by atoms with Gasteiger partial charge in [0.2, 0.25) is 5.91 Å². The number of anilines is 1. The molecule has 4 rings (SSSR count). The number of carbonyl (C=O) groups is 2. The summed E-state index contributed by atoms with van der Waals surface area (Å²) in [5.41, 5.74) is 0.248. The molecule has 1 aromatic heterocycles. The van der Waals surface area contributed by atoms with Crippen LogP contribution in [0.5, 0.6) is 0 Å². The van der Waals surface area contributed by atoms with Crippen molar-refractivity contribution in [3.05, 3.63) is 58.2 Å². The van der Waals surface area contributed by atoms with Crippen LogP contribution in [0.3, 0.4) is 0 Å². The molecule has 0 spiro atoms. The molecule has 176 valence electrons. The highest BCUT2D eigenvalue weighted by Crippen LogP contribution is 2.41. The Hall–Kier alpha value is -2.51. The fourth-order valence-corrected chi connectivity index (χ4v) is 5.27. The minimum Gasteiger partial charge on any atom is -0.465 e. The second-order valence-corrected chi connectivity index (χ2v) is 9.99. The quantitative estimate of drug-likeness (QED) is 0.677. The van der Waals surface area contributed by atoms with Crippen LogP contribution in [-0.4, -0.2) is 70.7 Å². The molecule has 2 aliphatic heterocycles. The lowest BCUT2D eigenvalue weighted by Gasteiger charge is -2.38. The van der Waals surface area contributed by atoms with Crippen molar-refractivity contribution in [2.75, 3.05) is 38.1 Å².